The maximum absolute atomic E-state index is 12.8. The molecule has 1 amide bonds. The van der Waals surface area contributed by atoms with Gasteiger partial charge in [0.1, 0.15) is 11.3 Å². The monoisotopic (exact) mass is 408 g/mol. The third-order valence-electron chi connectivity index (χ3n) is 3.67. The second-order valence-electron chi connectivity index (χ2n) is 5.65. The van der Waals surface area contributed by atoms with Gasteiger partial charge in [0.25, 0.3) is 11.6 Å². The molecule has 1 N–H and O–H groups in total. The first-order valence-corrected chi connectivity index (χ1v) is 9.01. The van der Waals surface area contributed by atoms with Crippen LogP contribution in [0.25, 0.3) is 0 Å². The summed E-state index contributed by atoms with van der Waals surface area (Å²) < 4.78 is 16.2. The first-order chi connectivity index (χ1) is 13.4. The lowest BCUT2D eigenvalue weighted by Crippen LogP contribution is -2.15. The predicted octanol–water partition coefficient (Wildman–Crippen LogP) is 4.70. The molecule has 2 aromatic rings. The molecule has 0 aliphatic heterocycles. The van der Waals surface area contributed by atoms with Crippen molar-refractivity contribution in [2.24, 2.45) is 0 Å². The van der Waals surface area contributed by atoms with Crippen LogP contribution in [0.15, 0.2) is 30.3 Å². The van der Waals surface area contributed by atoms with Crippen molar-refractivity contribution in [3.8, 4) is 17.2 Å². The zero-order valence-corrected chi connectivity index (χ0v) is 16.5. The minimum atomic E-state index is -0.695. The van der Waals surface area contributed by atoms with Crippen molar-refractivity contribution in [1.82, 2.24) is 0 Å². The van der Waals surface area contributed by atoms with Gasteiger partial charge in [0.2, 0.25) is 0 Å². The minimum Gasteiger partial charge on any atom is -0.493 e. The van der Waals surface area contributed by atoms with E-state index in [0.717, 1.165) is 12.5 Å². The molecule has 0 radical (unpaired) electrons. The number of nitrogens with zero attached hydrogens (tertiary/aromatic N) is 1. The summed E-state index contributed by atoms with van der Waals surface area (Å²) in [5, 5.41) is 14.5. The van der Waals surface area contributed by atoms with Gasteiger partial charge in [-0.1, -0.05) is 18.5 Å². The highest BCUT2D eigenvalue weighted by Crippen LogP contribution is 2.36. The van der Waals surface area contributed by atoms with Crippen LogP contribution in [0.4, 0.5) is 11.4 Å². The molecule has 0 saturated heterocycles. The minimum absolute atomic E-state index is 0.167. The van der Waals surface area contributed by atoms with Crippen molar-refractivity contribution in [2.45, 2.75) is 20.3 Å². The van der Waals surface area contributed by atoms with Gasteiger partial charge in [-0.3, -0.25) is 14.9 Å². The van der Waals surface area contributed by atoms with Gasteiger partial charge in [0.05, 0.1) is 37.0 Å². The second kappa shape index (κ2) is 9.80. The molecule has 0 unspecified atom stereocenters. The Labute approximate surface area is 167 Å². The number of hydrogen-bond acceptors (Lipinski definition) is 6. The highest BCUT2D eigenvalue weighted by Gasteiger charge is 2.25. The van der Waals surface area contributed by atoms with Gasteiger partial charge < -0.3 is 19.5 Å². The number of nitro benzene ring substituents is 1. The summed E-state index contributed by atoms with van der Waals surface area (Å²) >= 11 is 6.02. The van der Waals surface area contributed by atoms with E-state index in [1.807, 2.05) is 6.92 Å². The molecule has 0 aromatic heterocycles. The Kier molecular flexibility index (Phi) is 7.45. The number of carbonyl (C=O) groups excluding carboxylic acids is 1. The molecule has 0 spiro atoms. The van der Waals surface area contributed by atoms with Crippen LogP contribution in [0.1, 0.15) is 30.6 Å². The van der Waals surface area contributed by atoms with Crippen molar-refractivity contribution >= 4 is 28.9 Å². The molecule has 2 aromatic carbocycles. The third kappa shape index (κ3) is 5.04. The molecule has 0 aliphatic carbocycles. The Morgan fingerprint density at radius 2 is 1.89 bits per heavy atom. The van der Waals surface area contributed by atoms with Crippen molar-refractivity contribution in [3.05, 3.63) is 51.0 Å². The van der Waals surface area contributed by atoms with E-state index in [0.29, 0.717) is 29.7 Å². The van der Waals surface area contributed by atoms with E-state index in [2.05, 4.69) is 5.32 Å². The lowest BCUT2D eigenvalue weighted by molar-refractivity contribution is -0.385. The fraction of sp³-hybridized carbons (Fsp3) is 0.316. The van der Waals surface area contributed by atoms with Crippen molar-refractivity contribution in [1.29, 1.82) is 0 Å². The molecule has 8 nitrogen and oxygen atoms in total. The first-order valence-electron chi connectivity index (χ1n) is 8.64. The van der Waals surface area contributed by atoms with E-state index in [-0.39, 0.29) is 17.1 Å². The summed E-state index contributed by atoms with van der Waals surface area (Å²) in [5.41, 5.74) is -0.263. The van der Waals surface area contributed by atoms with Crippen LogP contribution in [-0.2, 0) is 0 Å². The lowest BCUT2D eigenvalue weighted by Gasteiger charge is -2.14. The number of nitrogens with one attached hydrogen (secondary N) is 1. The van der Waals surface area contributed by atoms with Crippen LogP contribution >= 0.6 is 11.6 Å². The molecule has 9 heteroatoms. The van der Waals surface area contributed by atoms with Gasteiger partial charge in [-0.2, -0.15) is 0 Å². The Morgan fingerprint density at radius 3 is 2.50 bits per heavy atom. The molecule has 0 fully saturated rings. The van der Waals surface area contributed by atoms with Crippen LogP contribution in [0, 0.1) is 10.1 Å². The van der Waals surface area contributed by atoms with Crippen molar-refractivity contribution in [2.75, 3.05) is 25.6 Å². The smallest absolute Gasteiger partial charge is 0.286 e. The number of anilines is 1. The summed E-state index contributed by atoms with van der Waals surface area (Å²) in [7, 11) is 1.37. The summed E-state index contributed by atoms with van der Waals surface area (Å²) in [6, 6.07) is 7.22. The number of amides is 1. The van der Waals surface area contributed by atoms with Gasteiger partial charge in [-0.05, 0) is 31.5 Å². The standard InChI is InChI=1S/C19H21ClN2O6/c1-4-8-28-16-7-6-12(20)9-14(16)21-19(23)13-10-18(27-5-2)17(26-3)11-15(13)22(24)25/h6-7,9-11H,4-5,8H2,1-3H3,(H,21,23). The summed E-state index contributed by atoms with van der Waals surface area (Å²) in [6.45, 7) is 4.45. The normalized spacial score (nSPS) is 10.3. The average Bonchev–Trinajstić information content (AvgIpc) is 2.67. The second-order valence-corrected chi connectivity index (χ2v) is 6.09. The maximum atomic E-state index is 12.8. The summed E-state index contributed by atoms with van der Waals surface area (Å²) in [6.07, 6.45) is 0.775. The van der Waals surface area contributed by atoms with Crippen molar-refractivity contribution in [3.63, 3.8) is 0 Å². The van der Waals surface area contributed by atoms with E-state index in [9.17, 15) is 14.9 Å². The molecule has 0 heterocycles. The topological polar surface area (TPSA) is 99.9 Å². The number of ether oxygens (including phenoxy) is 3. The number of halogens is 1. The maximum Gasteiger partial charge on any atom is 0.286 e. The quantitative estimate of drug-likeness (QED) is 0.477. The Hall–Kier alpha value is -3.00. The van der Waals surface area contributed by atoms with Crippen LogP contribution in [0.3, 0.4) is 0 Å². The van der Waals surface area contributed by atoms with Gasteiger partial charge in [0.15, 0.2) is 11.5 Å². The van der Waals surface area contributed by atoms with Gasteiger partial charge >= 0.3 is 0 Å². The molecular formula is C19H21ClN2O6. The fourth-order valence-corrected chi connectivity index (χ4v) is 2.61. The summed E-state index contributed by atoms with van der Waals surface area (Å²) in [4.78, 5) is 23.6. The molecule has 2 rings (SSSR count). The Bertz CT molecular complexity index is 872. The molecule has 0 saturated carbocycles. The van der Waals surface area contributed by atoms with E-state index < -0.39 is 16.5 Å². The largest absolute Gasteiger partial charge is 0.493 e. The molecule has 0 bridgehead atoms. The lowest BCUT2D eigenvalue weighted by atomic mass is 10.1. The number of hydrogen-bond donors (Lipinski definition) is 1. The number of methoxy groups -OCH3 is 1. The molecule has 150 valence electrons. The molecular weight excluding hydrogens is 388 g/mol. The number of nitro groups is 1. The van der Waals surface area contributed by atoms with Crippen LogP contribution < -0.4 is 19.5 Å². The molecule has 28 heavy (non-hydrogen) atoms. The Balaban J connectivity index is 2.45. The highest BCUT2D eigenvalue weighted by atomic mass is 35.5. The van der Waals surface area contributed by atoms with Crippen LogP contribution in [-0.4, -0.2) is 31.2 Å². The molecule has 0 atom stereocenters. The van der Waals surface area contributed by atoms with Gasteiger partial charge in [-0.25, -0.2) is 0 Å². The van der Waals surface area contributed by atoms with E-state index in [4.69, 9.17) is 25.8 Å². The Morgan fingerprint density at radius 1 is 1.14 bits per heavy atom. The van der Waals surface area contributed by atoms with E-state index >= 15 is 0 Å². The number of rotatable bonds is 9. The number of benzene rings is 2. The van der Waals surface area contributed by atoms with Crippen LogP contribution in [0.5, 0.6) is 17.2 Å². The first kappa shape index (κ1) is 21.3. The van der Waals surface area contributed by atoms with Gasteiger partial charge in [0, 0.05) is 11.1 Å². The predicted molar refractivity (Wildman–Crippen MR) is 106 cm³/mol. The third-order valence-corrected chi connectivity index (χ3v) is 3.91. The zero-order chi connectivity index (χ0) is 20.7. The SMILES string of the molecule is CCCOc1ccc(Cl)cc1NC(=O)c1cc(OCC)c(OC)cc1[N+](=O)[O-]. The fourth-order valence-electron chi connectivity index (χ4n) is 2.44. The zero-order valence-electron chi connectivity index (χ0n) is 15.8. The van der Waals surface area contributed by atoms with Gasteiger partial charge in [-0.15, -0.1) is 0 Å². The highest BCUT2D eigenvalue weighted by molar-refractivity contribution is 6.31. The van der Waals surface area contributed by atoms with Crippen LogP contribution in [0.2, 0.25) is 5.02 Å². The molecule has 0 aliphatic rings. The number of carbonyl (C=O) groups is 1. The average molecular weight is 409 g/mol. The van der Waals surface area contributed by atoms with Crippen molar-refractivity contribution < 1.29 is 23.9 Å². The summed E-state index contributed by atoms with van der Waals surface area (Å²) in [5.74, 6) is 0.119. The van der Waals surface area contributed by atoms with E-state index in [1.54, 1.807) is 19.1 Å². The van der Waals surface area contributed by atoms with E-state index in [1.165, 1.54) is 19.2 Å².